The van der Waals surface area contributed by atoms with Crippen molar-refractivity contribution in [3.05, 3.63) is 54.6 Å². The standard InChI is InChI=1S/C25H29N5O/c1-3-31-21-7-6-18-15-20(5-4-19(18)16-21)23-24-25(26)27-10-13-30(24)22(28-23)14-17-8-11-29(2)12-9-17/h4-7,10,13,15-17H,3,8-9,11-12,14H2,1-2H3,(H2,26,27). The van der Waals surface area contributed by atoms with Crippen LogP contribution in [0.25, 0.3) is 27.5 Å². The Morgan fingerprint density at radius 2 is 1.87 bits per heavy atom. The Labute approximate surface area is 182 Å². The van der Waals surface area contributed by atoms with Crippen LogP contribution in [-0.2, 0) is 6.42 Å². The van der Waals surface area contributed by atoms with Crippen LogP contribution in [-0.4, -0.2) is 46.0 Å². The fourth-order valence-corrected chi connectivity index (χ4v) is 4.62. The molecule has 4 aromatic rings. The Bertz CT molecular complexity index is 1220. The van der Waals surface area contributed by atoms with E-state index in [0.29, 0.717) is 18.3 Å². The normalized spacial score (nSPS) is 15.7. The van der Waals surface area contributed by atoms with Gasteiger partial charge in [-0.2, -0.15) is 0 Å². The predicted molar refractivity (Wildman–Crippen MR) is 125 cm³/mol. The molecule has 3 heterocycles. The molecule has 0 unspecified atom stereocenters. The van der Waals surface area contributed by atoms with Crippen LogP contribution in [0.5, 0.6) is 5.75 Å². The molecule has 5 rings (SSSR count). The Balaban J connectivity index is 1.55. The van der Waals surface area contributed by atoms with Crippen molar-refractivity contribution in [2.45, 2.75) is 26.2 Å². The zero-order valence-electron chi connectivity index (χ0n) is 18.2. The number of nitrogen functional groups attached to an aromatic ring is 1. The molecule has 0 radical (unpaired) electrons. The number of piperidine rings is 1. The van der Waals surface area contributed by atoms with Gasteiger partial charge in [-0.25, -0.2) is 9.97 Å². The summed E-state index contributed by atoms with van der Waals surface area (Å²) < 4.78 is 7.78. The summed E-state index contributed by atoms with van der Waals surface area (Å²) in [6.07, 6.45) is 7.13. The topological polar surface area (TPSA) is 68.7 Å². The molecule has 1 aliphatic heterocycles. The van der Waals surface area contributed by atoms with Crippen molar-refractivity contribution >= 4 is 22.1 Å². The van der Waals surface area contributed by atoms with Crippen molar-refractivity contribution in [2.24, 2.45) is 5.92 Å². The first-order chi connectivity index (χ1) is 15.1. The number of benzene rings is 2. The highest BCUT2D eigenvalue weighted by molar-refractivity contribution is 5.92. The molecule has 1 saturated heterocycles. The summed E-state index contributed by atoms with van der Waals surface area (Å²) in [5.74, 6) is 3.13. The number of aromatic nitrogens is 3. The fourth-order valence-electron chi connectivity index (χ4n) is 4.62. The molecule has 0 atom stereocenters. The van der Waals surface area contributed by atoms with Crippen molar-refractivity contribution in [2.75, 3.05) is 32.5 Å². The molecule has 1 aliphatic rings. The average Bonchev–Trinajstić information content (AvgIpc) is 3.15. The first kappa shape index (κ1) is 19.8. The average molecular weight is 416 g/mol. The molecule has 0 bridgehead atoms. The molecular formula is C25H29N5O. The van der Waals surface area contributed by atoms with Gasteiger partial charge >= 0.3 is 0 Å². The van der Waals surface area contributed by atoms with Crippen molar-refractivity contribution < 1.29 is 4.74 Å². The van der Waals surface area contributed by atoms with Crippen LogP contribution in [0.2, 0.25) is 0 Å². The van der Waals surface area contributed by atoms with Gasteiger partial charge in [0.2, 0.25) is 0 Å². The largest absolute Gasteiger partial charge is 0.494 e. The van der Waals surface area contributed by atoms with E-state index in [-0.39, 0.29) is 0 Å². The van der Waals surface area contributed by atoms with Crippen LogP contribution in [0, 0.1) is 5.92 Å². The summed E-state index contributed by atoms with van der Waals surface area (Å²) in [7, 11) is 2.20. The summed E-state index contributed by atoms with van der Waals surface area (Å²) in [4.78, 5) is 11.8. The second-order valence-corrected chi connectivity index (χ2v) is 8.52. The van der Waals surface area contributed by atoms with E-state index in [0.717, 1.165) is 58.6 Å². The van der Waals surface area contributed by atoms with E-state index in [9.17, 15) is 0 Å². The lowest BCUT2D eigenvalue weighted by Gasteiger charge is -2.28. The van der Waals surface area contributed by atoms with Gasteiger partial charge in [0.05, 0.1) is 6.61 Å². The number of fused-ring (bicyclic) bond motifs is 2. The van der Waals surface area contributed by atoms with Crippen LogP contribution in [0.1, 0.15) is 25.6 Å². The summed E-state index contributed by atoms with van der Waals surface area (Å²) in [5, 5.41) is 2.30. The van der Waals surface area contributed by atoms with E-state index in [1.165, 1.54) is 12.8 Å². The Hall–Kier alpha value is -3.12. The van der Waals surface area contributed by atoms with Crippen molar-refractivity contribution in [3.8, 4) is 17.0 Å². The molecule has 2 aromatic heterocycles. The minimum atomic E-state index is 0.520. The van der Waals surface area contributed by atoms with Gasteiger partial charge in [0, 0.05) is 24.4 Å². The highest BCUT2D eigenvalue weighted by Crippen LogP contribution is 2.32. The van der Waals surface area contributed by atoms with Gasteiger partial charge in [-0.3, -0.25) is 4.40 Å². The Kier molecular flexibility index (Phi) is 5.24. The molecule has 0 saturated carbocycles. The van der Waals surface area contributed by atoms with Gasteiger partial charge in [0.15, 0.2) is 0 Å². The van der Waals surface area contributed by atoms with E-state index in [4.69, 9.17) is 15.5 Å². The van der Waals surface area contributed by atoms with Gasteiger partial charge in [-0.15, -0.1) is 0 Å². The molecule has 6 nitrogen and oxygen atoms in total. The smallest absolute Gasteiger partial charge is 0.150 e. The zero-order chi connectivity index (χ0) is 21.4. The third-order valence-corrected chi connectivity index (χ3v) is 6.36. The SMILES string of the molecule is CCOc1ccc2cc(-c3nc(CC4CCN(C)CC4)n4ccnc(N)c34)ccc2c1. The molecule has 0 amide bonds. The number of likely N-dealkylation sites (tertiary alicyclic amines) is 1. The quantitative estimate of drug-likeness (QED) is 0.523. The summed E-state index contributed by atoms with van der Waals surface area (Å²) in [6, 6.07) is 12.6. The Morgan fingerprint density at radius 1 is 1.10 bits per heavy atom. The predicted octanol–water partition coefficient (Wildman–Crippen LogP) is 4.41. The lowest BCUT2D eigenvalue weighted by Crippen LogP contribution is -2.31. The van der Waals surface area contributed by atoms with E-state index in [2.05, 4.69) is 51.7 Å². The first-order valence-corrected chi connectivity index (χ1v) is 11.1. The van der Waals surface area contributed by atoms with Crippen LogP contribution < -0.4 is 10.5 Å². The first-order valence-electron chi connectivity index (χ1n) is 11.1. The number of nitrogens with two attached hydrogens (primary N) is 1. The number of anilines is 1. The van der Waals surface area contributed by atoms with Crippen LogP contribution >= 0.6 is 0 Å². The second-order valence-electron chi connectivity index (χ2n) is 8.52. The maximum atomic E-state index is 6.33. The lowest BCUT2D eigenvalue weighted by atomic mass is 9.93. The van der Waals surface area contributed by atoms with Crippen LogP contribution in [0.15, 0.2) is 48.8 Å². The molecule has 0 aliphatic carbocycles. The fraction of sp³-hybridized carbons (Fsp3) is 0.360. The van der Waals surface area contributed by atoms with Gasteiger partial charge in [-0.1, -0.05) is 18.2 Å². The lowest BCUT2D eigenvalue weighted by molar-refractivity contribution is 0.217. The van der Waals surface area contributed by atoms with E-state index >= 15 is 0 Å². The van der Waals surface area contributed by atoms with Gasteiger partial charge in [-0.05, 0) is 74.8 Å². The molecular weight excluding hydrogens is 386 g/mol. The number of ether oxygens (including phenoxy) is 1. The number of nitrogens with zero attached hydrogens (tertiary/aromatic N) is 4. The van der Waals surface area contributed by atoms with Crippen LogP contribution in [0.3, 0.4) is 0 Å². The van der Waals surface area contributed by atoms with E-state index < -0.39 is 0 Å². The van der Waals surface area contributed by atoms with Gasteiger partial charge < -0.3 is 15.4 Å². The minimum Gasteiger partial charge on any atom is -0.494 e. The van der Waals surface area contributed by atoms with Gasteiger partial charge in [0.25, 0.3) is 0 Å². The summed E-state index contributed by atoms with van der Waals surface area (Å²) >= 11 is 0. The van der Waals surface area contributed by atoms with Crippen molar-refractivity contribution in [1.29, 1.82) is 0 Å². The molecule has 6 heteroatoms. The van der Waals surface area contributed by atoms with E-state index in [1.807, 2.05) is 19.2 Å². The highest BCUT2D eigenvalue weighted by Gasteiger charge is 2.22. The molecule has 1 fully saturated rings. The maximum absolute atomic E-state index is 6.33. The minimum absolute atomic E-state index is 0.520. The number of hydrogen-bond donors (Lipinski definition) is 1. The number of imidazole rings is 1. The highest BCUT2D eigenvalue weighted by atomic mass is 16.5. The third kappa shape index (κ3) is 3.83. The molecule has 160 valence electrons. The van der Waals surface area contributed by atoms with Crippen molar-refractivity contribution in [3.63, 3.8) is 0 Å². The van der Waals surface area contributed by atoms with E-state index in [1.54, 1.807) is 6.20 Å². The molecule has 31 heavy (non-hydrogen) atoms. The second kappa shape index (κ2) is 8.19. The maximum Gasteiger partial charge on any atom is 0.150 e. The third-order valence-electron chi connectivity index (χ3n) is 6.36. The monoisotopic (exact) mass is 415 g/mol. The van der Waals surface area contributed by atoms with Crippen LogP contribution in [0.4, 0.5) is 5.82 Å². The number of rotatable bonds is 5. The summed E-state index contributed by atoms with van der Waals surface area (Å²) in [5.41, 5.74) is 9.19. The molecule has 2 aromatic carbocycles. The number of hydrogen-bond acceptors (Lipinski definition) is 5. The van der Waals surface area contributed by atoms with Gasteiger partial charge in [0.1, 0.15) is 28.6 Å². The Morgan fingerprint density at radius 3 is 2.68 bits per heavy atom. The molecule has 2 N–H and O–H groups in total. The zero-order valence-corrected chi connectivity index (χ0v) is 18.2. The summed E-state index contributed by atoms with van der Waals surface area (Å²) in [6.45, 7) is 4.97. The van der Waals surface area contributed by atoms with Crippen molar-refractivity contribution in [1.82, 2.24) is 19.3 Å². The molecule has 0 spiro atoms.